The molecule has 0 aromatic carbocycles. The van der Waals surface area contributed by atoms with E-state index in [1.165, 1.54) is 0 Å². The molecule has 0 N–H and O–H groups in total. The van der Waals surface area contributed by atoms with Crippen LogP contribution in [0.25, 0.3) is 0 Å². The zero-order valence-corrected chi connectivity index (χ0v) is 7.48. The van der Waals surface area contributed by atoms with Crippen molar-refractivity contribution < 1.29 is 4.74 Å². The largest absolute Gasteiger partial charge is 0.496 e. The van der Waals surface area contributed by atoms with Gasteiger partial charge in [-0.15, -0.1) is 0 Å². The molecule has 0 saturated carbocycles. The van der Waals surface area contributed by atoms with Crippen molar-refractivity contribution in [3.05, 3.63) is 11.8 Å². The van der Waals surface area contributed by atoms with Crippen molar-refractivity contribution >= 4 is 0 Å². The van der Waals surface area contributed by atoms with Crippen LogP contribution in [0.1, 0.15) is 40.5 Å². The predicted octanol–water partition coefficient (Wildman–Crippen LogP) is 3.12. The zero-order valence-electron chi connectivity index (χ0n) is 7.48. The van der Waals surface area contributed by atoms with Crippen LogP contribution in [0.3, 0.4) is 0 Å². The number of hydrogen-bond donors (Lipinski definition) is 0. The lowest BCUT2D eigenvalue weighted by molar-refractivity contribution is 0.140. The van der Waals surface area contributed by atoms with Crippen molar-refractivity contribution in [2.24, 2.45) is 0 Å². The maximum absolute atomic E-state index is 5.50. The highest BCUT2D eigenvalue weighted by molar-refractivity contribution is 4.91. The topological polar surface area (TPSA) is 9.23 Å². The molecule has 0 aromatic heterocycles. The summed E-state index contributed by atoms with van der Waals surface area (Å²) in [6, 6.07) is 0. The van der Waals surface area contributed by atoms with Gasteiger partial charge in [0.15, 0.2) is 0 Å². The summed E-state index contributed by atoms with van der Waals surface area (Å²) in [5, 5.41) is 0. The minimum absolute atomic E-state index is 0.317. The van der Waals surface area contributed by atoms with E-state index >= 15 is 0 Å². The standard InChI is InChI=1S/C9H18O/c1-5-7-9(6-2)10-8(3)4/h7-8H,5-6H2,1-4H3. The SMILES string of the molecule is CCC=C(CC)OC(C)C. The average Bonchev–Trinajstić information content (AvgIpc) is 1.86. The van der Waals surface area contributed by atoms with E-state index in [0.717, 1.165) is 18.6 Å². The van der Waals surface area contributed by atoms with Gasteiger partial charge in [0.2, 0.25) is 0 Å². The smallest absolute Gasteiger partial charge is 0.0926 e. The summed E-state index contributed by atoms with van der Waals surface area (Å²) in [5.74, 6) is 1.12. The molecule has 1 nitrogen and oxygen atoms in total. The molecule has 0 aromatic rings. The molecule has 0 aliphatic carbocycles. The molecule has 0 bridgehead atoms. The lowest BCUT2D eigenvalue weighted by Crippen LogP contribution is -2.01. The van der Waals surface area contributed by atoms with Gasteiger partial charge in [0, 0.05) is 6.42 Å². The molecule has 0 aliphatic heterocycles. The molecule has 0 rings (SSSR count). The number of rotatable bonds is 4. The second-order valence-corrected chi connectivity index (χ2v) is 2.60. The summed E-state index contributed by atoms with van der Waals surface area (Å²) in [6.07, 6.45) is 4.53. The molecule has 0 spiro atoms. The minimum atomic E-state index is 0.317. The monoisotopic (exact) mass is 142 g/mol. The average molecular weight is 142 g/mol. The Morgan fingerprint density at radius 2 is 2.00 bits per heavy atom. The van der Waals surface area contributed by atoms with Gasteiger partial charge in [0.05, 0.1) is 11.9 Å². The summed E-state index contributed by atoms with van der Waals surface area (Å²) >= 11 is 0. The third-order valence-electron chi connectivity index (χ3n) is 1.17. The molecule has 10 heavy (non-hydrogen) atoms. The summed E-state index contributed by atoms with van der Waals surface area (Å²) in [7, 11) is 0. The molecule has 0 amide bonds. The maximum atomic E-state index is 5.50. The molecule has 0 radical (unpaired) electrons. The van der Waals surface area contributed by atoms with Gasteiger partial charge < -0.3 is 4.74 Å². The summed E-state index contributed by atoms with van der Waals surface area (Å²) < 4.78 is 5.50. The van der Waals surface area contributed by atoms with E-state index in [4.69, 9.17) is 4.74 Å². The van der Waals surface area contributed by atoms with E-state index in [9.17, 15) is 0 Å². The quantitative estimate of drug-likeness (QED) is 0.548. The number of allylic oxidation sites excluding steroid dienone is 2. The van der Waals surface area contributed by atoms with Gasteiger partial charge >= 0.3 is 0 Å². The third-order valence-corrected chi connectivity index (χ3v) is 1.17. The summed E-state index contributed by atoms with van der Waals surface area (Å²) in [5.41, 5.74) is 0. The molecule has 60 valence electrons. The molecule has 0 fully saturated rings. The van der Waals surface area contributed by atoms with Crippen molar-refractivity contribution in [3.8, 4) is 0 Å². The van der Waals surface area contributed by atoms with Crippen molar-refractivity contribution in [1.82, 2.24) is 0 Å². The second-order valence-electron chi connectivity index (χ2n) is 2.60. The van der Waals surface area contributed by atoms with Crippen LogP contribution in [0.2, 0.25) is 0 Å². The van der Waals surface area contributed by atoms with Crippen molar-refractivity contribution in [2.75, 3.05) is 0 Å². The maximum Gasteiger partial charge on any atom is 0.0926 e. The van der Waals surface area contributed by atoms with E-state index < -0.39 is 0 Å². The number of ether oxygens (including phenoxy) is 1. The van der Waals surface area contributed by atoms with Gasteiger partial charge in [-0.25, -0.2) is 0 Å². The van der Waals surface area contributed by atoms with E-state index in [2.05, 4.69) is 33.8 Å². The highest BCUT2D eigenvalue weighted by Gasteiger charge is 1.96. The second kappa shape index (κ2) is 5.33. The van der Waals surface area contributed by atoms with Crippen LogP contribution in [0.4, 0.5) is 0 Å². The highest BCUT2D eigenvalue weighted by atomic mass is 16.5. The first-order valence-electron chi connectivity index (χ1n) is 4.06. The predicted molar refractivity (Wildman–Crippen MR) is 44.9 cm³/mol. The molecule has 0 aliphatic rings. The van der Waals surface area contributed by atoms with Crippen LogP contribution < -0.4 is 0 Å². The summed E-state index contributed by atoms with van der Waals surface area (Å²) in [4.78, 5) is 0. The Labute approximate surface area is 64.1 Å². The zero-order chi connectivity index (χ0) is 7.98. The lowest BCUT2D eigenvalue weighted by Gasteiger charge is -2.11. The van der Waals surface area contributed by atoms with Gasteiger partial charge in [-0.05, 0) is 26.3 Å². The van der Waals surface area contributed by atoms with Gasteiger partial charge in [0.25, 0.3) is 0 Å². The van der Waals surface area contributed by atoms with Gasteiger partial charge in [-0.2, -0.15) is 0 Å². The Balaban J connectivity index is 3.71. The Morgan fingerprint density at radius 1 is 1.40 bits per heavy atom. The van der Waals surface area contributed by atoms with Crippen molar-refractivity contribution in [2.45, 2.75) is 46.6 Å². The van der Waals surface area contributed by atoms with Crippen molar-refractivity contribution in [3.63, 3.8) is 0 Å². The van der Waals surface area contributed by atoms with Crippen LogP contribution in [0, 0.1) is 0 Å². The number of hydrogen-bond acceptors (Lipinski definition) is 1. The van der Waals surface area contributed by atoms with Crippen molar-refractivity contribution in [1.29, 1.82) is 0 Å². The van der Waals surface area contributed by atoms with Gasteiger partial charge in [0.1, 0.15) is 0 Å². The first-order chi connectivity index (χ1) is 4.70. The Bertz CT molecular complexity index is 103. The molecular weight excluding hydrogens is 124 g/mol. The Kier molecular flexibility index (Phi) is 5.09. The fourth-order valence-corrected chi connectivity index (χ4v) is 0.806. The molecule has 0 atom stereocenters. The van der Waals surface area contributed by atoms with Gasteiger partial charge in [-0.3, -0.25) is 0 Å². The lowest BCUT2D eigenvalue weighted by atomic mass is 10.3. The van der Waals surface area contributed by atoms with Crippen LogP contribution in [-0.4, -0.2) is 6.10 Å². The molecular formula is C9H18O. The Morgan fingerprint density at radius 3 is 2.30 bits per heavy atom. The van der Waals surface area contributed by atoms with E-state index in [1.807, 2.05) is 0 Å². The van der Waals surface area contributed by atoms with Gasteiger partial charge in [-0.1, -0.05) is 13.8 Å². The molecule has 0 heterocycles. The first-order valence-corrected chi connectivity index (χ1v) is 4.06. The van der Waals surface area contributed by atoms with E-state index in [-0.39, 0.29) is 0 Å². The molecule has 0 saturated heterocycles. The molecule has 0 unspecified atom stereocenters. The van der Waals surface area contributed by atoms with E-state index in [0.29, 0.717) is 6.10 Å². The summed E-state index contributed by atoms with van der Waals surface area (Å²) in [6.45, 7) is 8.35. The minimum Gasteiger partial charge on any atom is -0.496 e. The van der Waals surface area contributed by atoms with Crippen LogP contribution >= 0.6 is 0 Å². The highest BCUT2D eigenvalue weighted by Crippen LogP contribution is 2.06. The fraction of sp³-hybridized carbons (Fsp3) is 0.778. The first kappa shape index (κ1) is 9.54. The Hall–Kier alpha value is -0.460. The van der Waals surface area contributed by atoms with Crippen LogP contribution in [0.15, 0.2) is 11.8 Å². The molecule has 1 heteroatoms. The van der Waals surface area contributed by atoms with Crippen LogP contribution in [-0.2, 0) is 4.74 Å². The fourth-order valence-electron chi connectivity index (χ4n) is 0.806. The normalized spacial score (nSPS) is 12.3. The van der Waals surface area contributed by atoms with E-state index in [1.54, 1.807) is 0 Å². The third kappa shape index (κ3) is 4.42. The van der Waals surface area contributed by atoms with Crippen LogP contribution in [0.5, 0.6) is 0 Å².